The zero-order valence-corrected chi connectivity index (χ0v) is 14.0. The first-order valence-electron chi connectivity index (χ1n) is 7.09. The molecule has 0 aromatic rings. The number of rotatable bonds is 1. The lowest BCUT2D eigenvalue weighted by Crippen LogP contribution is -2.44. The molecule has 2 amide bonds. The van der Waals surface area contributed by atoms with Gasteiger partial charge in [0.1, 0.15) is 16.9 Å². The molecule has 1 unspecified atom stereocenters. The van der Waals surface area contributed by atoms with Crippen molar-refractivity contribution in [3.63, 3.8) is 0 Å². The van der Waals surface area contributed by atoms with E-state index >= 15 is 0 Å². The molecule has 1 aliphatic rings. The zero-order valence-electron chi connectivity index (χ0n) is 14.0. The summed E-state index contributed by atoms with van der Waals surface area (Å²) in [5.74, 6) is 0. The Morgan fingerprint density at radius 1 is 1.18 bits per heavy atom. The lowest BCUT2D eigenvalue weighted by atomic mass is 10.2. The van der Waals surface area contributed by atoms with Crippen LogP contribution in [-0.2, 0) is 9.47 Å². The Kier molecular flexibility index (Phi) is 5.26. The smallest absolute Gasteiger partial charge is 0.410 e. The van der Waals surface area contributed by atoms with E-state index in [-0.39, 0.29) is 18.8 Å². The van der Waals surface area contributed by atoms with Crippen LogP contribution in [0.2, 0.25) is 0 Å². The number of hydrogen-bond donors (Lipinski definition) is 2. The summed E-state index contributed by atoms with van der Waals surface area (Å²) in [5.41, 5.74) is -0.981. The highest BCUT2D eigenvalue weighted by Gasteiger charge is 2.36. The number of likely N-dealkylation sites (tertiary alicyclic amines) is 1. The van der Waals surface area contributed by atoms with Crippen LogP contribution in [0.4, 0.5) is 9.59 Å². The van der Waals surface area contributed by atoms with Gasteiger partial charge in [-0.1, -0.05) is 5.16 Å². The molecule has 22 heavy (non-hydrogen) atoms. The number of ether oxygens (including phenoxy) is 2. The van der Waals surface area contributed by atoms with E-state index in [1.165, 1.54) is 4.90 Å². The highest BCUT2D eigenvalue weighted by Crippen LogP contribution is 2.15. The third-order valence-corrected chi connectivity index (χ3v) is 2.63. The molecule has 0 aromatic carbocycles. The van der Waals surface area contributed by atoms with Gasteiger partial charge in [-0.3, -0.25) is 4.90 Å². The molecule has 0 saturated carbocycles. The van der Waals surface area contributed by atoms with Gasteiger partial charge in [-0.25, -0.2) is 9.59 Å². The molecular formula is C14H25N3O5. The minimum atomic E-state index is -0.635. The topological polar surface area (TPSA) is 100 Å². The predicted octanol–water partition coefficient (Wildman–Crippen LogP) is 1.96. The lowest BCUT2D eigenvalue weighted by Gasteiger charge is -2.24. The van der Waals surface area contributed by atoms with Crippen LogP contribution < -0.4 is 5.32 Å². The number of carbonyl (C=O) groups is 2. The van der Waals surface area contributed by atoms with Gasteiger partial charge in [0.2, 0.25) is 0 Å². The molecular weight excluding hydrogens is 290 g/mol. The molecule has 0 radical (unpaired) electrons. The van der Waals surface area contributed by atoms with Gasteiger partial charge in [-0.05, 0) is 41.5 Å². The standard InChI is InChI=1S/C14H25N3O5/c1-13(2,3)21-11(18)15-9-7-17(8-10(9)16-20)12(19)22-14(4,5)6/h9,20H,7-8H2,1-6H3,(H,15,18). The number of alkyl carbamates (subject to hydrolysis) is 1. The van der Waals surface area contributed by atoms with Crippen molar-refractivity contribution in [3.05, 3.63) is 0 Å². The van der Waals surface area contributed by atoms with Crippen molar-refractivity contribution < 1.29 is 24.3 Å². The molecule has 0 aliphatic carbocycles. The number of oxime groups is 1. The van der Waals surface area contributed by atoms with E-state index in [0.717, 1.165) is 0 Å². The highest BCUT2D eigenvalue weighted by molar-refractivity contribution is 5.97. The zero-order chi connectivity index (χ0) is 17.1. The molecule has 1 rings (SSSR count). The Hall–Kier alpha value is -1.99. The normalized spacial score (nSPS) is 20.9. The van der Waals surface area contributed by atoms with Crippen LogP contribution in [-0.4, -0.2) is 58.3 Å². The van der Waals surface area contributed by atoms with Gasteiger partial charge < -0.3 is 20.0 Å². The van der Waals surface area contributed by atoms with Crippen molar-refractivity contribution in [2.45, 2.75) is 58.8 Å². The van der Waals surface area contributed by atoms with Crippen molar-refractivity contribution in [3.8, 4) is 0 Å². The van der Waals surface area contributed by atoms with E-state index in [4.69, 9.17) is 14.7 Å². The first-order chi connectivity index (χ1) is 9.91. The molecule has 0 spiro atoms. The van der Waals surface area contributed by atoms with E-state index in [9.17, 15) is 9.59 Å². The van der Waals surface area contributed by atoms with E-state index in [1.54, 1.807) is 41.5 Å². The molecule has 1 saturated heterocycles. The predicted molar refractivity (Wildman–Crippen MR) is 80.2 cm³/mol. The fourth-order valence-electron chi connectivity index (χ4n) is 1.84. The molecule has 1 heterocycles. The van der Waals surface area contributed by atoms with E-state index in [2.05, 4.69) is 10.5 Å². The Morgan fingerprint density at radius 2 is 1.73 bits per heavy atom. The lowest BCUT2D eigenvalue weighted by molar-refractivity contribution is 0.0285. The minimum absolute atomic E-state index is 0.0892. The number of nitrogens with one attached hydrogen (secondary N) is 1. The third-order valence-electron chi connectivity index (χ3n) is 2.63. The third kappa shape index (κ3) is 5.79. The maximum absolute atomic E-state index is 12.0. The van der Waals surface area contributed by atoms with Crippen molar-refractivity contribution in [2.75, 3.05) is 13.1 Å². The largest absolute Gasteiger partial charge is 0.444 e. The SMILES string of the molecule is CC(C)(C)OC(=O)NC1CN(C(=O)OC(C)(C)C)CC1=NO. The van der Waals surface area contributed by atoms with Crippen LogP contribution >= 0.6 is 0 Å². The molecule has 8 heteroatoms. The summed E-state index contributed by atoms with van der Waals surface area (Å²) in [5, 5.41) is 14.8. The minimum Gasteiger partial charge on any atom is -0.444 e. The number of amides is 2. The summed E-state index contributed by atoms with van der Waals surface area (Å²) in [7, 11) is 0. The summed E-state index contributed by atoms with van der Waals surface area (Å²) in [6.45, 7) is 10.8. The fourth-order valence-corrected chi connectivity index (χ4v) is 1.84. The second kappa shape index (κ2) is 6.41. The molecule has 0 bridgehead atoms. The van der Waals surface area contributed by atoms with E-state index in [0.29, 0.717) is 0 Å². The summed E-state index contributed by atoms with van der Waals surface area (Å²) >= 11 is 0. The molecule has 126 valence electrons. The van der Waals surface area contributed by atoms with Gasteiger partial charge in [0.05, 0.1) is 19.1 Å². The summed E-state index contributed by atoms with van der Waals surface area (Å²) in [6.07, 6.45) is -1.16. The van der Waals surface area contributed by atoms with Crippen LogP contribution in [0.15, 0.2) is 5.16 Å². The molecule has 0 aromatic heterocycles. The van der Waals surface area contributed by atoms with Crippen LogP contribution in [0.25, 0.3) is 0 Å². The first-order valence-corrected chi connectivity index (χ1v) is 7.09. The maximum Gasteiger partial charge on any atom is 0.410 e. The van der Waals surface area contributed by atoms with Crippen LogP contribution in [0, 0.1) is 0 Å². The molecule has 1 fully saturated rings. The molecule has 1 aliphatic heterocycles. The average molecular weight is 315 g/mol. The average Bonchev–Trinajstić information content (AvgIpc) is 2.67. The van der Waals surface area contributed by atoms with Gasteiger partial charge >= 0.3 is 12.2 Å². The molecule has 1 atom stereocenters. The summed E-state index contributed by atoms with van der Waals surface area (Å²) in [6, 6.07) is -0.604. The Balaban J connectivity index is 2.66. The van der Waals surface area contributed by atoms with Crippen LogP contribution in [0.1, 0.15) is 41.5 Å². The van der Waals surface area contributed by atoms with Crippen LogP contribution in [0.5, 0.6) is 0 Å². The Morgan fingerprint density at radius 3 is 2.18 bits per heavy atom. The number of nitrogens with zero attached hydrogens (tertiary/aromatic N) is 2. The van der Waals surface area contributed by atoms with Gasteiger partial charge in [-0.2, -0.15) is 0 Å². The summed E-state index contributed by atoms with van der Waals surface area (Å²) < 4.78 is 10.4. The molecule has 8 nitrogen and oxygen atoms in total. The maximum atomic E-state index is 12.0. The number of carbonyl (C=O) groups excluding carboxylic acids is 2. The van der Waals surface area contributed by atoms with Gasteiger partial charge in [0, 0.05) is 0 Å². The van der Waals surface area contributed by atoms with E-state index < -0.39 is 29.4 Å². The Bertz CT molecular complexity index is 462. The second-order valence-electron chi connectivity index (χ2n) is 7.15. The fraction of sp³-hybridized carbons (Fsp3) is 0.786. The van der Waals surface area contributed by atoms with Crippen LogP contribution in [0.3, 0.4) is 0 Å². The molecule has 2 N–H and O–H groups in total. The highest BCUT2D eigenvalue weighted by atomic mass is 16.6. The van der Waals surface area contributed by atoms with Crippen molar-refractivity contribution in [1.82, 2.24) is 10.2 Å². The summed E-state index contributed by atoms with van der Waals surface area (Å²) in [4.78, 5) is 25.1. The van der Waals surface area contributed by atoms with E-state index in [1.807, 2.05) is 0 Å². The number of hydrogen-bond acceptors (Lipinski definition) is 6. The second-order valence-corrected chi connectivity index (χ2v) is 7.15. The first kappa shape index (κ1) is 18.1. The van der Waals surface area contributed by atoms with Crippen molar-refractivity contribution in [2.24, 2.45) is 5.16 Å². The quantitative estimate of drug-likeness (QED) is 0.569. The van der Waals surface area contributed by atoms with Gasteiger partial charge in [0.15, 0.2) is 0 Å². The Labute approximate surface area is 130 Å². The van der Waals surface area contributed by atoms with Crippen molar-refractivity contribution in [1.29, 1.82) is 0 Å². The van der Waals surface area contributed by atoms with Crippen molar-refractivity contribution >= 4 is 17.9 Å². The van der Waals surface area contributed by atoms with Gasteiger partial charge in [-0.15, -0.1) is 0 Å². The monoisotopic (exact) mass is 315 g/mol. The van der Waals surface area contributed by atoms with Gasteiger partial charge in [0.25, 0.3) is 0 Å².